The van der Waals surface area contributed by atoms with Crippen molar-refractivity contribution >= 4 is 18.3 Å². The lowest BCUT2D eigenvalue weighted by Gasteiger charge is -2.32. The first-order valence-electron chi connectivity index (χ1n) is 8.86. The van der Waals surface area contributed by atoms with E-state index in [-0.39, 0.29) is 24.2 Å². The number of rotatable bonds is 7. The van der Waals surface area contributed by atoms with E-state index in [0.29, 0.717) is 19.0 Å². The fraction of sp³-hybridized carbons (Fsp3) is 0.632. The third-order valence-corrected chi connectivity index (χ3v) is 4.39. The van der Waals surface area contributed by atoms with Gasteiger partial charge in [-0.15, -0.1) is 12.4 Å². The van der Waals surface area contributed by atoms with Gasteiger partial charge >= 0.3 is 0 Å². The van der Waals surface area contributed by atoms with E-state index in [2.05, 4.69) is 48.3 Å². The van der Waals surface area contributed by atoms with Crippen LogP contribution >= 0.6 is 12.4 Å². The maximum Gasteiger partial charge on any atom is 0.224 e. The zero-order valence-electron chi connectivity index (χ0n) is 15.0. The van der Waals surface area contributed by atoms with Gasteiger partial charge in [-0.2, -0.15) is 0 Å². The molecule has 0 spiro atoms. The molecule has 4 nitrogen and oxygen atoms in total. The lowest BCUT2D eigenvalue weighted by Crippen LogP contribution is -2.43. The smallest absolute Gasteiger partial charge is 0.224 e. The van der Waals surface area contributed by atoms with Crippen LogP contribution in [0.1, 0.15) is 37.8 Å². The Labute approximate surface area is 152 Å². The minimum atomic E-state index is 0. The fourth-order valence-corrected chi connectivity index (χ4v) is 3.26. The summed E-state index contributed by atoms with van der Waals surface area (Å²) in [7, 11) is 0. The molecular weight excluding hydrogens is 322 g/mol. The molecule has 0 radical (unpaired) electrons. The molecule has 1 saturated heterocycles. The van der Waals surface area contributed by atoms with Gasteiger partial charge in [0, 0.05) is 26.2 Å². The Morgan fingerprint density at radius 1 is 1.29 bits per heavy atom. The van der Waals surface area contributed by atoms with Crippen molar-refractivity contribution in [2.45, 2.75) is 39.7 Å². The first kappa shape index (κ1) is 20.9. The van der Waals surface area contributed by atoms with Gasteiger partial charge < -0.3 is 11.1 Å². The van der Waals surface area contributed by atoms with Crippen LogP contribution in [0.5, 0.6) is 0 Å². The Bertz CT molecular complexity index is 490. The maximum atomic E-state index is 12.1. The highest BCUT2D eigenvalue weighted by molar-refractivity contribution is 5.85. The minimum absolute atomic E-state index is 0. The van der Waals surface area contributed by atoms with Crippen LogP contribution in [0, 0.1) is 11.8 Å². The summed E-state index contributed by atoms with van der Waals surface area (Å²) in [4.78, 5) is 14.5. The molecule has 1 heterocycles. The molecule has 1 fully saturated rings. The molecule has 1 atom stereocenters. The van der Waals surface area contributed by atoms with Crippen molar-refractivity contribution in [1.29, 1.82) is 0 Å². The molecular formula is C19H32ClN3O. The highest BCUT2D eigenvalue weighted by Crippen LogP contribution is 2.19. The summed E-state index contributed by atoms with van der Waals surface area (Å²) in [5.74, 6) is 0.957. The number of carbonyl (C=O) groups is 1. The maximum absolute atomic E-state index is 12.1. The molecule has 1 aromatic carbocycles. The Hall–Kier alpha value is -1.10. The van der Waals surface area contributed by atoms with E-state index in [1.54, 1.807) is 0 Å². The van der Waals surface area contributed by atoms with Crippen molar-refractivity contribution in [2.24, 2.45) is 17.6 Å². The number of hydrogen-bond acceptors (Lipinski definition) is 3. The summed E-state index contributed by atoms with van der Waals surface area (Å²) >= 11 is 0. The average molecular weight is 354 g/mol. The third-order valence-electron chi connectivity index (χ3n) is 4.39. The van der Waals surface area contributed by atoms with E-state index in [0.717, 1.165) is 38.9 Å². The molecule has 5 heteroatoms. The van der Waals surface area contributed by atoms with Gasteiger partial charge in [0.15, 0.2) is 0 Å². The molecule has 0 aliphatic carbocycles. The molecule has 1 aromatic rings. The molecule has 0 saturated carbocycles. The van der Waals surface area contributed by atoms with Gasteiger partial charge in [0.25, 0.3) is 0 Å². The summed E-state index contributed by atoms with van der Waals surface area (Å²) in [6.45, 7) is 8.44. The second-order valence-corrected chi connectivity index (χ2v) is 7.07. The number of halogens is 1. The van der Waals surface area contributed by atoms with Crippen LogP contribution in [0.15, 0.2) is 24.3 Å². The van der Waals surface area contributed by atoms with Crippen LogP contribution in [0.25, 0.3) is 0 Å². The fourth-order valence-electron chi connectivity index (χ4n) is 3.26. The lowest BCUT2D eigenvalue weighted by atomic mass is 9.96. The zero-order chi connectivity index (χ0) is 16.7. The molecule has 1 aliphatic rings. The number of piperidine rings is 1. The normalized spacial score (nSPS) is 18.2. The topological polar surface area (TPSA) is 58.4 Å². The third kappa shape index (κ3) is 6.80. The molecule has 24 heavy (non-hydrogen) atoms. The number of benzene rings is 1. The van der Waals surface area contributed by atoms with E-state index < -0.39 is 0 Å². The molecule has 3 N–H and O–H groups in total. The first-order valence-corrected chi connectivity index (χ1v) is 8.86. The predicted molar refractivity (Wildman–Crippen MR) is 102 cm³/mol. The van der Waals surface area contributed by atoms with Gasteiger partial charge in [0.05, 0.1) is 5.92 Å². The zero-order valence-corrected chi connectivity index (χ0v) is 15.8. The Morgan fingerprint density at radius 2 is 1.96 bits per heavy atom. The molecule has 1 unspecified atom stereocenters. The molecule has 2 rings (SSSR count). The molecule has 0 bridgehead atoms. The van der Waals surface area contributed by atoms with Gasteiger partial charge in [-0.1, -0.05) is 38.1 Å². The molecule has 1 amide bonds. The summed E-state index contributed by atoms with van der Waals surface area (Å²) in [5, 5.41) is 2.92. The molecule has 136 valence electrons. The van der Waals surface area contributed by atoms with Crippen LogP contribution in [0.4, 0.5) is 0 Å². The average Bonchev–Trinajstić information content (AvgIpc) is 2.54. The summed E-state index contributed by atoms with van der Waals surface area (Å²) in [6, 6.07) is 8.95. The number of hydrogen-bond donors (Lipinski definition) is 2. The van der Waals surface area contributed by atoms with E-state index in [1.165, 1.54) is 11.1 Å². The van der Waals surface area contributed by atoms with Crippen LogP contribution in [-0.4, -0.2) is 37.0 Å². The number of nitrogens with one attached hydrogen (secondary N) is 1. The molecule has 1 aliphatic heterocycles. The Kier molecular flexibility index (Phi) is 9.34. The van der Waals surface area contributed by atoms with Gasteiger partial charge in [0.1, 0.15) is 0 Å². The van der Waals surface area contributed by atoms with Crippen molar-refractivity contribution in [3.8, 4) is 0 Å². The van der Waals surface area contributed by atoms with Crippen LogP contribution in [0.2, 0.25) is 0 Å². The second kappa shape index (κ2) is 10.7. The quantitative estimate of drug-likeness (QED) is 0.792. The summed E-state index contributed by atoms with van der Waals surface area (Å²) in [5.41, 5.74) is 8.19. The first-order chi connectivity index (χ1) is 11.1. The number of nitrogens with zero attached hydrogens (tertiary/aromatic N) is 1. The summed E-state index contributed by atoms with van der Waals surface area (Å²) in [6.07, 6.45) is 3.21. The van der Waals surface area contributed by atoms with Crippen molar-refractivity contribution in [3.63, 3.8) is 0 Å². The number of nitrogens with two attached hydrogens (primary N) is 1. The van der Waals surface area contributed by atoms with Crippen LogP contribution in [-0.2, 0) is 17.8 Å². The highest BCUT2D eigenvalue weighted by Gasteiger charge is 2.25. The number of likely N-dealkylation sites (tertiary alicyclic amines) is 1. The highest BCUT2D eigenvalue weighted by atomic mass is 35.5. The van der Waals surface area contributed by atoms with E-state index in [4.69, 9.17) is 5.73 Å². The number of carbonyl (C=O) groups excluding carboxylic acids is 1. The SMILES string of the molecule is CC(C)Cc1ccc(CN2CCCC(C(=O)NCCN)C2)cc1.Cl. The second-order valence-electron chi connectivity index (χ2n) is 7.07. The van der Waals surface area contributed by atoms with Crippen molar-refractivity contribution < 1.29 is 4.79 Å². The lowest BCUT2D eigenvalue weighted by molar-refractivity contribution is -0.126. The molecule has 0 aromatic heterocycles. The van der Waals surface area contributed by atoms with Gasteiger partial charge in [0.2, 0.25) is 5.91 Å². The Balaban J connectivity index is 0.00000288. The van der Waals surface area contributed by atoms with Crippen LogP contribution < -0.4 is 11.1 Å². The predicted octanol–water partition coefficient (Wildman–Crippen LogP) is 2.59. The summed E-state index contributed by atoms with van der Waals surface area (Å²) < 4.78 is 0. The van der Waals surface area contributed by atoms with Gasteiger partial charge in [-0.25, -0.2) is 0 Å². The minimum Gasteiger partial charge on any atom is -0.355 e. The van der Waals surface area contributed by atoms with E-state index >= 15 is 0 Å². The monoisotopic (exact) mass is 353 g/mol. The van der Waals surface area contributed by atoms with E-state index in [9.17, 15) is 4.79 Å². The van der Waals surface area contributed by atoms with Gasteiger partial charge in [-0.3, -0.25) is 9.69 Å². The largest absolute Gasteiger partial charge is 0.355 e. The van der Waals surface area contributed by atoms with E-state index in [1.807, 2.05) is 0 Å². The number of amides is 1. The van der Waals surface area contributed by atoms with Crippen molar-refractivity contribution in [2.75, 3.05) is 26.2 Å². The van der Waals surface area contributed by atoms with Gasteiger partial charge in [-0.05, 0) is 42.9 Å². The van der Waals surface area contributed by atoms with Crippen LogP contribution in [0.3, 0.4) is 0 Å². The van der Waals surface area contributed by atoms with Crippen molar-refractivity contribution in [1.82, 2.24) is 10.2 Å². The Morgan fingerprint density at radius 3 is 2.58 bits per heavy atom. The van der Waals surface area contributed by atoms with Crippen molar-refractivity contribution in [3.05, 3.63) is 35.4 Å². The standard InChI is InChI=1S/C19H31N3O.ClH/c1-15(2)12-16-5-7-17(8-6-16)13-22-11-3-4-18(14-22)19(23)21-10-9-20;/h5-8,15,18H,3-4,9-14,20H2,1-2H3,(H,21,23);1H.